The summed E-state index contributed by atoms with van der Waals surface area (Å²) in [6.45, 7) is 7.53. The molecule has 166 valence electrons. The molecule has 0 spiro atoms. The fraction of sp³-hybridized carbons (Fsp3) is 0.500. The van der Waals surface area contributed by atoms with Gasteiger partial charge in [-0.2, -0.15) is 0 Å². The molecule has 1 amide bonds. The van der Waals surface area contributed by atoms with E-state index in [9.17, 15) is 4.79 Å². The van der Waals surface area contributed by atoms with Crippen molar-refractivity contribution in [2.24, 2.45) is 5.92 Å². The molecule has 0 radical (unpaired) electrons. The highest BCUT2D eigenvalue weighted by Crippen LogP contribution is 2.36. The lowest BCUT2D eigenvalue weighted by Gasteiger charge is -2.36. The van der Waals surface area contributed by atoms with Crippen LogP contribution in [-0.2, 0) is 14.9 Å². The predicted octanol–water partition coefficient (Wildman–Crippen LogP) is 4.48. The molecule has 0 bridgehead atoms. The number of carbonyl (C=O) groups is 1. The number of rotatable bonds is 7. The third kappa shape index (κ3) is 5.46. The number of ether oxygens (including phenoxy) is 2. The molecule has 5 heteroatoms. The number of nitrogens with zero attached hydrogens (tertiary/aromatic N) is 1. The molecule has 5 nitrogen and oxygen atoms in total. The number of hydrogen-bond acceptors (Lipinski definition) is 4. The summed E-state index contributed by atoms with van der Waals surface area (Å²) in [5, 5.41) is 3.13. The highest BCUT2D eigenvalue weighted by Gasteiger charge is 2.41. The first-order valence-electron chi connectivity index (χ1n) is 11.6. The van der Waals surface area contributed by atoms with Crippen molar-refractivity contribution in [2.75, 3.05) is 44.8 Å². The van der Waals surface area contributed by atoms with Crippen LogP contribution in [0.15, 0.2) is 54.6 Å². The third-order valence-electron chi connectivity index (χ3n) is 6.77. The van der Waals surface area contributed by atoms with Crippen molar-refractivity contribution in [3.8, 4) is 5.75 Å². The number of hydrogen-bond donors (Lipinski definition) is 1. The van der Waals surface area contributed by atoms with Gasteiger partial charge in [-0.1, -0.05) is 37.3 Å². The lowest BCUT2D eigenvalue weighted by Crippen LogP contribution is -2.44. The van der Waals surface area contributed by atoms with E-state index >= 15 is 0 Å². The van der Waals surface area contributed by atoms with Crippen LogP contribution >= 0.6 is 0 Å². The van der Waals surface area contributed by atoms with Crippen molar-refractivity contribution < 1.29 is 14.3 Å². The SMILES string of the molecule is CC1CCN(CCOc2ccc(NC(=O)C3(c4ccccc4)CCOCC3)cc2)CC1. The van der Waals surface area contributed by atoms with Gasteiger partial charge in [-0.15, -0.1) is 0 Å². The molecule has 2 saturated heterocycles. The highest BCUT2D eigenvalue weighted by atomic mass is 16.5. The van der Waals surface area contributed by atoms with Crippen molar-refractivity contribution in [3.05, 3.63) is 60.2 Å². The summed E-state index contributed by atoms with van der Waals surface area (Å²) >= 11 is 0. The van der Waals surface area contributed by atoms with Gasteiger partial charge >= 0.3 is 0 Å². The maximum absolute atomic E-state index is 13.3. The van der Waals surface area contributed by atoms with Gasteiger partial charge < -0.3 is 14.8 Å². The number of carbonyl (C=O) groups excluding carboxylic acids is 1. The molecule has 1 N–H and O–H groups in total. The molecule has 2 aliphatic rings. The second kappa shape index (κ2) is 10.3. The molecule has 0 saturated carbocycles. The van der Waals surface area contributed by atoms with Crippen LogP contribution in [0.5, 0.6) is 5.75 Å². The van der Waals surface area contributed by atoms with E-state index in [2.05, 4.69) is 17.1 Å². The first-order chi connectivity index (χ1) is 15.2. The Labute approximate surface area is 185 Å². The van der Waals surface area contributed by atoms with E-state index in [4.69, 9.17) is 9.47 Å². The van der Waals surface area contributed by atoms with E-state index in [1.54, 1.807) is 0 Å². The maximum atomic E-state index is 13.3. The predicted molar refractivity (Wildman–Crippen MR) is 124 cm³/mol. The summed E-state index contributed by atoms with van der Waals surface area (Å²) in [6.07, 6.45) is 3.95. The first-order valence-corrected chi connectivity index (χ1v) is 11.6. The van der Waals surface area contributed by atoms with Gasteiger partial charge in [0.1, 0.15) is 12.4 Å². The molecule has 2 fully saturated rings. The zero-order valence-corrected chi connectivity index (χ0v) is 18.5. The number of benzene rings is 2. The molecular formula is C26H34N2O3. The van der Waals surface area contributed by atoms with E-state index in [-0.39, 0.29) is 5.91 Å². The summed E-state index contributed by atoms with van der Waals surface area (Å²) in [5.74, 6) is 1.73. The topological polar surface area (TPSA) is 50.8 Å². The van der Waals surface area contributed by atoms with Crippen molar-refractivity contribution in [1.29, 1.82) is 0 Å². The van der Waals surface area contributed by atoms with Gasteiger partial charge in [0.2, 0.25) is 5.91 Å². The molecule has 2 heterocycles. The van der Waals surface area contributed by atoms with Crippen LogP contribution in [0.2, 0.25) is 0 Å². The maximum Gasteiger partial charge on any atom is 0.235 e. The smallest absolute Gasteiger partial charge is 0.235 e. The zero-order valence-electron chi connectivity index (χ0n) is 18.5. The Kier molecular flexibility index (Phi) is 7.25. The number of anilines is 1. The van der Waals surface area contributed by atoms with Crippen LogP contribution in [0.3, 0.4) is 0 Å². The summed E-state index contributed by atoms with van der Waals surface area (Å²) in [4.78, 5) is 15.8. The Bertz CT molecular complexity index is 823. The lowest BCUT2D eigenvalue weighted by molar-refractivity contribution is -0.125. The van der Waals surface area contributed by atoms with E-state index in [1.165, 1.54) is 25.9 Å². The quantitative estimate of drug-likeness (QED) is 0.715. The van der Waals surface area contributed by atoms with Crippen LogP contribution in [0.25, 0.3) is 0 Å². The first kappa shape index (κ1) is 21.8. The summed E-state index contributed by atoms with van der Waals surface area (Å²) < 4.78 is 11.5. The minimum atomic E-state index is -0.541. The minimum absolute atomic E-state index is 0.0370. The van der Waals surface area contributed by atoms with Crippen molar-refractivity contribution in [2.45, 2.75) is 38.0 Å². The van der Waals surface area contributed by atoms with Crippen LogP contribution in [-0.4, -0.2) is 50.3 Å². The second-order valence-corrected chi connectivity index (χ2v) is 8.91. The number of likely N-dealkylation sites (tertiary alicyclic amines) is 1. The zero-order chi connectivity index (χ0) is 21.5. The van der Waals surface area contributed by atoms with E-state index in [0.29, 0.717) is 32.7 Å². The molecule has 0 aliphatic carbocycles. The molecule has 4 rings (SSSR count). The molecule has 0 atom stereocenters. The Morgan fingerprint density at radius 3 is 2.42 bits per heavy atom. The van der Waals surface area contributed by atoms with Crippen molar-refractivity contribution in [1.82, 2.24) is 4.90 Å². The third-order valence-corrected chi connectivity index (χ3v) is 6.77. The lowest BCUT2D eigenvalue weighted by atomic mass is 9.73. The Morgan fingerprint density at radius 1 is 1.06 bits per heavy atom. The van der Waals surface area contributed by atoms with Gasteiger partial charge in [-0.3, -0.25) is 9.69 Å². The highest BCUT2D eigenvalue weighted by molar-refractivity contribution is 5.99. The summed E-state index contributed by atoms with van der Waals surface area (Å²) in [7, 11) is 0. The van der Waals surface area contributed by atoms with Crippen molar-refractivity contribution in [3.63, 3.8) is 0 Å². The molecular weight excluding hydrogens is 388 g/mol. The molecule has 0 unspecified atom stereocenters. The van der Waals surface area contributed by atoms with Gasteiger partial charge in [0, 0.05) is 25.4 Å². The number of amides is 1. The fourth-order valence-corrected chi connectivity index (χ4v) is 4.59. The van der Waals surface area contributed by atoms with E-state index in [1.807, 2.05) is 54.6 Å². The van der Waals surface area contributed by atoms with E-state index < -0.39 is 5.41 Å². The van der Waals surface area contributed by atoms with Crippen LogP contribution in [0.1, 0.15) is 38.2 Å². The summed E-state index contributed by atoms with van der Waals surface area (Å²) in [5.41, 5.74) is 1.31. The molecule has 2 aromatic rings. The van der Waals surface area contributed by atoms with Crippen LogP contribution in [0.4, 0.5) is 5.69 Å². The fourth-order valence-electron chi connectivity index (χ4n) is 4.59. The monoisotopic (exact) mass is 422 g/mol. The van der Waals surface area contributed by atoms with Gasteiger partial charge in [0.05, 0.1) is 5.41 Å². The average molecular weight is 423 g/mol. The van der Waals surface area contributed by atoms with Crippen LogP contribution < -0.4 is 10.1 Å². The Balaban J connectivity index is 1.33. The number of piperidine rings is 1. The average Bonchev–Trinajstić information content (AvgIpc) is 2.82. The van der Waals surface area contributed by atoms with Crippen LogP contribution in [0, 0.1) is 5.92 Å². The van der Waals surface area contributed by atoms with Crippen molar-refractivity contribution >= 4 is 11.6 Å². The standard InChI is InChI=1S/C26H34N2O3/c1-21-11-15-28(16-12-21)17-20-31-24-9-7-23(8-10-24)27-25(29)26(13-18-30-19-14-26)22-5-3-2-4-6-22/h2-10,21H,11-20H2,1H3,(H,27,29). The molecule has 2 aliphatic heterocycles. The van der Waals surface area contributed by atoms with Gasteiger partial charge in [-0.25, -0.2) is 0 Å². The van der Waals surface area contributed by atoms with Gasteiger partial charge in [-0.05, 0) is 74.5 Å². The Hall–Kier alpha value is -2.37. The van der Waals surface area contributed by atoms with Gasteiger partial charge in [0.15, 0.2) is 0 Å². The van der Waals surface area contributed by atoms with E-state index in [0.717, 1.165) is 29.5 Å². The van der Waals surface area contributed by atoms with Gasteiger partial charge in [0.25, 0.3) is 0 Å². The number of nitrogens with one attached hydrogen (secondary N) is 1. The minimum Gasteiger partial charge on any atom is -0.492 e. The normalized spacial score (nSPS) is 19.6. The Morgan fingerprint density at radius 2 is 1.74 bits per heavy atom. The molecule has 2 aromatic carbocycles. The molecule has 31 heavy (non-hydrogen) atoms. The molecule has 0 aromatic heterocycles. The second-order valence-electron chi connectivity index (χ2n) is 8.91. The largest absolute Gasteiger partial charge is 0.492 e. The summed E-state index contributed by atoms with van der Waals surface area (Å²) in [6, 6.07) is 17.8.